The summed E-state index contributed by atoms with van der Waals surface area (Å²) in [4.78, 5) is 2.01. The normalized spacial score (nSPS) is 23.9. The Balaban J connectivity index is 1.87. The summed E-state index contributed by atoms with van der Waals surface area (Å²) in [5, 5.41) is 0. The van der Waals surface area contributed by atoms with Crippen LogP contribution in [0.1, 0.15) is 27.7 Å². The van der Waals surface area contributed by atoms with Crippen molar-refractivity contribution in [2.75, 3.05) is 31.2 Å². The molecule has 1 aromatic rings. The fraction of sp³-hybridized carbons (Fsp3) is 0.625. The van der Waals surface area contributed by atoms with Crippen molar-refractivity contribution in [2.24, 2.45) is 0 Å². The van der Waals surface area contributed by atoms with Crippen molar-refractivity contribution >= 4 is 18.3 Å². The molecule has 2 heterocycles. The lowest BCUT2D eigenvalue weighted by Crippen LogP contribution is -2.41. The average Bonchev–Trinajstić information content (AvgIpc) is 2.69. The van der Waals surface area contributed by atoms with Gasteiger partial charge in [0.15, 0.2) is 0 Å². The Hall–Kier alpha value is -1.11. The summed E-state index contributed by atoms with van der Waals surface area (Å²) in [6.45, 7) is 10.7. The standard InChI is InChI=1S/C16H23BFNO3/c1-15(2)16(3,4)22-17(21-15)12-5-6-13(18)14(11-12)19-7-9-20-10-8-19/h5-6,11H,7-10H2,1-4H3. The molecule has 0 saturated carbocycles. The Morgan fingerprint density at radius 1 is 1.05 bits per heavy atom. The summed E-state index contributed by atoms with van der Waals surface area (Å²) in [6.07, 6.45) is 0. The van der Waals surface area contributed by atoms with Gasteiger partial charge in [0.25, 0.3) is 0 Å². The maximum absolute atomic E-state index is 14.2. The second-order valence-corrected chi connectivity index (χ2v) is 6.90. The van der Waals surface area contributed by atoms with E-state index in [1.165, 1.54) is 6.07 Å². The minimum atomic E-state index is -0.467. The molecular formula is C16H23BFNO3. The summed E-state index contributed by atoms with van der Waals surface area (Å²) in [6, 6.07) is 5.06. The Bertz CT molecular complexity index is 542. The number of hydrogen-bond donors (Lipinski definition) is 0. The number of nitrogens with zero attached hydrogens (tertiary/aromatic N) is 1. The van der Waals surface area contributed by atoms with E-state index in [1.54, 1.807) is 6.07 Å². The number of ether oxygens (including phenoxy) is 1. The molecule has 3 rings (SSSR count). The van der Waals surface area contributed by atoms with Crippen LogP contribution in [0.3, 0.4) is 0 Å². The van der Waals surface area contributed by atoms with Crippen LogP contribution in [-0.4, -0.2) is 44.6 Å². The van der Waals surface area contributed by atoms with Gasteiger partial charge in [-0.3, -0.25) is 0 Å². The first-order valence-corrected chi connectivity index (χ1v) is 7.78. The maximum Gasteiger partial charge on any atom is 0.494 e. The van der Waals surface area contributed by atoms with Gasteiger partial charge in [-0.15, -0.1) is 0 Å². The predicted molar refractivity (Wildman–Crippen MR) is 85.1 cm³/mol. The Morgan fingerprint density at radius 3 is 2.23 bits per heavy atom. The molecule has 0 atom stereocenters. The molecule has 2 aliphatic heterocycles. The van der Waals surface area contributed by atoms with Crippen LogP contribution in [0.2, 0.25) is 0 Å². The zero-order chi connectivity index (χ0) is 16.0. The third-order valence-corrected chi connectivity index (χ3v) is 4.85. The molecule has 4 nitrogen and oxygen atoms in total. The zero-order valence-electron chi connectivity index (χ0n) is 13.7. The SMILES string of the molecule is CC1(C)OB(c2ccc(F)c(N3CCOCC3)c2)OC1(C)C. The molecule has 0 unspecified atom stereocenters. The molecule has 120 valence electrons. The molecule has 0 N–H and O–H groups in total. The van der Waals surface area contributed by atoms with Crippen LogP contribution in [0, 0.1) is 5.82 Å². The van der Waals surface area contributed by atoms with Crippen molar-refractivity contribution in [1.82, 2.24) is 0 Å². The van der Waals surface area contributed by atoms with Crippen molar-refractivity contribution in [3.05, 3.63) is 24.0 Å². The fourth-order valence-corrected chi connectivity index (χ4v) is 2.70. The highest BCUT2D eigenvalue weighted by Gasteiger charge is 2.51. The lowest BCUT2D eigenvalue weighted by molar-refractivity contribution is 0.00578. The summed E-state index contributed by atoms with van der Waals surface area (Å²) in [7, 11) is -0.467. The topological polar surface area (TPSA) is 30.9 Å². The molecule has 1 aromatic carbocycles. The molecule has 2 saturated heterocycles. The summed E-state index contributed by atoms with van der Waals surface area (Å²) in [5.41, 5.74) is 0.646. The minimum absolute atomic E-state index is 0.220. The van der Waals surface area contributed by atoms with E-state index in [2.05, 4.69) is 0 Å². The molecule has 2 aliphatic rings. The monoisotopic (exact) mass is 307 g/mol. The van der Waals surface area contributed by atoms with E-state index < -0.39 is 18.3 Å². The van der Waals surface area contributed by atoms with Gasteiger partial charge in [-0.1, -0.05) is 6.07 Å². The number of halogens is 1. The maximum atomic E-state index is 14.2. The van der Waals surface area contributed by atoms with Crippen LogP contribution in [0.4, 0.5) is 10.1 Å². The summed E-state index contributed by atoms with van der Waals surface area (Å²) in [5.74, 6) is -0.220. The summed E-state index contributed by atoms with van der Waals surface area (Å²) < 4.78 is 31.6. The smallest absolute Gasteiger partial charge is 0.399 e. The van der Waals surface area contributed by atoms with Gasteiger partial charge in [0, 0.05) is 13.1 Å². The highest BCUT2D eigenvalue weighted by Crippen LogP contribution is 2.36. The fourth-order valence-electron chi connectivity index (χ4n) is 2.70. The molecule has 0 aromatic heterocycles. The van der Waals surface area contributed by atoms with E-state index in [0.717, 1.165) is 5.46 Å². The highest BCUT2D eigenvalue weighted by molar-refractivity contribution is 6.62. The van der Waals surface area contributed by atoms with Crippen molar-refractivity contribution < 1.29 is 18.4 Å². The molecule has 0 aliphatic carbocycles. The third kappa shape index (κ3) is 2.75. The molecule has 0 radical (unpaired) electrons. The van der Waals surface area contributed by atoms with E-state index in [1.807, 2.05) is 38.7 Å². The number of hydrogen-bond acceptors (Lipinski definition) is 4. The third-order valence-electron chi connectivity index (χ3n) is 4.85. The van der Waals surface area contributed by atoms with Crippen molar-refractivity contribution in [1.29, 1.82) is 0 Å². The second kappa shape index (κ2) is 5.51. The number of anilines is 1. The lowest BCUT2D eigenvalue weighted by atomic mass is 9.79. The van der Waals surface area contributed by atoms with Gasteiger partial charge in [-0.05, 0) is 45.3 Å². The van der Waals surface area contributed by atoms with E-state index in [0.29, 0.717) is 32.0 Å². The molecule has 22 heavy (non-hydrogen) atoms. The molecule has 6 heteroatoms. The van der Waals surface area contributed by atoms with Crippen LogP contribution in [0.25, 0.3) is 0 Å². The largest absolute Gasteiger partial charge is 0.494 e. The average molecular weight is 307 g/mol. The number of morpholine rings is 1. The van der Waals surface area contributed by atoms with Gasteiger partial charge >= 0.3 is 7.12 Å². The van der Waals surface area contributed by atoms with E-state index in [9.17, 15) is 4.39 Å². The number of benzene rings is 1. The Morgan fingerprint density at radius 2 is 1.64 bits per heavy atom. The molecule has 0 amide bonds. The molecule has 2 fully saturated rings. The quantitative estimate of drug-likeness (QED) is 0.782. The van der Waals surface area contributed by atoms with E-state index >= 15 is 0 Å². The van der Waals surface area contributed by atoms with Gasteiger partial charge in [-0.2, -0.15) is 0 Å². The lowest BCUT2D eigenvalue weighted by Gasteiger charge is -2.32. The van der Waals surface area contributed by atoms with Gasteiger partial charge in [0.1, 0.15) is 5.82 Å². The van der Waals surface area contributed by atoms with E-state index in [4.69, 9.17) is 14.0 Å². The first kappa shape index (κ1) is 15.8. The zero-order valence-corrected chi connectivity index (χ0v) is 13.7. The number of rotatable bonds is 2. The molecule has 0 bridgehead atoms. The Kier molecular flexibility index (Phi) is 3.95. The Labute approximate surface area is 131 Å². The van der Waals surface area contributed by atoms with Crippen molar-refractivity contribution in [3.8, 4) is 0 Å². The second-order valence-electron chi connectivity index (χ2n) is 6.90. The van der Waals surface area contributed by atoms with Gasteiger partial charge in [-0.25, -0.2) is 4.39 Å². The van der Waals surface area contributed by atoms with E-state index in [-0.39, 0.29) is 5.82 Å². The van der Waals surface area contributed by atoms with Gasteiger partial charge in [0.2, 0.25) is 0 Å². The van der Waals surface area contributed by atoms with Crippen molar-refractivity contribution in [2.45, 2.75) is 38.9 Å². The highest BCUT2D eigenvalue weighted by atomic mass is 19.1. The van der Waals surface area contributed by atoms with Gasteiger partial charge < -0.3 is 18.9 Å². The van der Waals surface area contributed by atoms with Crippen LogP contribution in [0.5, 0.6) is 0 Å². The predicted octanol–water partition coefficient (Wildman–Crippen LogP) is 1.96. The summed E-state index contributed by atoms with van der Waals surface area (Å²) >= 11 is 0. The van der Waals surface area contributed by atoms with Crippen LogP contribution in [-0.2, 0) is 14.0 Å². The first-order chi connectivity index (χ1) is 10.3. The minimum Gasteiger partial charge on any atom is -0.399 e. The van der Waals surface area contributed by atoms with Gasteiger partial charge in [0.05, 0.1) is 30.1 Å². The van der Waals surface area contributed by atoms with Crippen LogP contribution < -0.4 is 10.4 Å². The molecular weight excluding hydrogens is 284 g/mol. The molecule has 0 spiro atoms. The van der Waals surface area contributed by atoms with Crippen molar-refractivity contribution in [3.63, 3.8) is 0 Å². The van der Waals surface area contributed by atoms with Crippen LogP contribution in [0.15, 0.2) is 18.2 Å². The first-order valence-electron chi connectivity index (χ1n) is 7.78. The van der Waals surface area contributed by atoms with Crippen LogP contribution >= 0.6 is 0 Å².